The second kappa shape index (κ2) is 13.1. The molecule has 0 rings (SSSR count). The van der Waals surface area contributed by atoms with Gasteiger partial charge >= 0.3 is 16.8 Å². The molecule has 0 aliphatic heterocycles. The van der Waals surface area contributed by atoms with Gasteiger partial charge in [0.05, 0.1) is 0 Å². The molecule has 0 fully saturated rings. The Bertz CT molecular complexity index is 184. The molecule has 7 heteroatoms. The van der Waals surface area contributed by atoms with Crippen LogP contribution < -0.4 is 10.2 Å². The zero-order valence-electron chi connectivity index (χ0n) is 10.7. The van der Waals surface area contributed by atoms with Gasteiger partial charge in [0.2, 0.25) is 0 Å². The van der Waals surface area contributed by atoms with Crippen LogP contribution in [0.5, 0.6) is 0 Å². The Hall–Kier alpha value is -0.954. The average Bonchev–Trinajstić information content (AvgIpc) is 2.21. The van der Waals surface area contributed by atoms with E-state index in [0.29, 0.717) is 26.2 Å². The fourth-order valence-electron chi connectivity index (χ4n) is 0.964. The maximum absolute atomic E-state index is 9.98. The van der Waals surface area contributed by atoms with Crippen molar-refractivity contribution >= 4 is 12.2 Å². The first-order valence-corrected chi connectivity index (χ1v) is 5.36. The van der Waals surface area contributed by atoms with Crippen LogP contribution in [-0.2, 0) is 16.8 Å². The van der Waals surface area contributed by atoms with E-state index >= 15 is 0 Å². The van der Waals surface area contributed by atoms with Crippen LogP contribution in [0.25, 0.3) is 0 Å². The van der Waals surface area contributed by atoms with Crippen molar-refractivity contribution in [3.05, 3.63) is 0 Å². The van der Waals surface area contributed by atoms with Gasteiger partial charge in [0.25, 0.3) is 0 Å². The first kappa shape index (κ1) is 21.3. The first-order chi connectivity index (χ1) is 7.44. The standard InChI is InChI=1S/2C5H11NO2.Co/c2*1-3-6(4-2)5(7)8;/h2*3-4H2,1-2H3,(H,7,8);/q;;+2/p-2. The van der Waals surface area contributed by atoms with Crippen molar-refractivity contribution in [2.45, 2.75) is 27.7 Å². The molecule has 17 heavy (non-hydrogen) atoms. The van der Waals surface area contributed by atoms with Gasteiger partial charge < -0.3 is 29.6 Å². The molecule has 0 bridgehead atoms. The Kier molecular flexibility index (Phi) is 16.5. The van der Waals surface area contributed by atoms with Crippen molar-refractivity contribution in [1.82, 2.24) is 9.80 Å². The van der Waals surface area contributed by atoms with Crippen molar-refractivity contribution in [2.24, 2.45) is 0 Å². The molecule has 0 spiro atoms. The third-order valence-corrected chi connectivity index (χ3v) is 2.04. The van der Waals surface area contributed by atoms with Gasteiger partial charge in [-0.25, -0.2) is 0 Å². The summed E-state index contributed by atoms with van der Waals surface area (Å²) in [4.78, 5) is 22.4. The molecule has 0 atom stereocenters. The van der Waals surface area contributed by atoms with Crippen LogP contribution in [0.15, 0.2) is 0 Å². The van der Waals surface area contributed by atoms with Crippen molar-refractivity contribution in [2.75, 3.05) is 26.2 Å². The minimum atomic E-state index is -1.09. The molecule has 0 aromatic carbocycles. The third kappa shape index (κ3) is 11.3. The second-order valence-corrected chi connectivity index (χ2v) is 2.88. The molecular formula is C10H20CoN2O4. The number of carbonyl (C=O) groups excluding carboxylic acids is 2. The van der Waals surface area contributed by atoms with Crippen molar-refractivity contribution in [3.8, 4) is 0 Å². The minimum Gasteiger partial charge on any atom is -0.530 e. The number of amides is 2. The summed E-state index contributed by atoms with van der Waals surface area (Å²) in [6.45, 7) is 9.16. The normalized spacial score (nSPS) is 8.24. The van der Waals surface area contributed by atoms with Crippen LogP contribution in [0, 0.1) is 0 Å². The first-order valence-electron chi connectivity index (χ1n) is 5.36. The Morgan fingerprint density at radius 2 is 0.941 bits per heavy atom. The van der Waals surface area contributed by atoms with E-state index in [2.05, 4.69) is 0 Å². The van der Waals surface area contributed by atoms with Crippen molar-refractivity contribution in [3.63, 3.8) is 0 Å². The van der Waals surface area contributed by atoms with Gasteiger partial charge in [-0.3, -0.25) is 0 Å². The zero-order chi connectivity index (χ0) is 13.1. The monoisotopic (exact) mass is 291 g/mol. The van der Waals surface area contributed by atoms with Gasteiger partial charge in [-0.1, -0.05) is 0 Å². The zero-order valence-corrected chi connectivity index (χ0v) is 11.7. The fourth-order valence-corrected chi connectivity index (χ4v) is 0.964. The Balaban J connectivity index is -0.000000218. The van der Waals surface area contributed by atoms with E-state index in [-0.39, 0.29) is 16.8 Å². The SMILES string of the molecule is CCN(CC)C(=O)[O-].CCN(CC)C(=O)[O-].[Co+2]. The Morgan fingerprint density at radius 3 is 0.941 bits per heavy atom. The molecule has 0 N–H and O–H groups in total. The number of carboxylic acid groups (broad SMARTS) is 2. The van der Waals surface area contributed by atoms with E-state index < -0.39 is 12.2 Å². The molecule has 0 heterocycles. The molecule has 6 nitrogen and oxygen atoms in total. The van der Waals surface area contributed by atoms with Crippen molar-refractivity contribution < 1.29 is 36.6 Å². The van der Waals surface area contributed by atoms with Gasteiger partial charge in [0.1, 0.15) is 12.2 Å². The van der Waals surface area contributed by atoms with Crippen molar-refractivity contribution in [1.29, 1.82) is 0 Å². The summed E-state index contributed by atoms with van der Waals surface area (Å²) in [6, 6.07) is 0. The summed E-state index contributed by atoms with van der Waals surface area (Å²) in [5.41, 5.74) is 0. The van der Waals surface area contributed by atoms with Crippen LogP contribution in [-0.4, -0.2) is 48.2 Å². The molecule has 1 radical (unpaired) electrons. The summed E-state index contributed by atoms with van der Waals surface area (Å²) < 4.78 is 0. The van der Waals surface area contributed by atoms with E-state index in [9.17, 15) is 19.8 Å². The third-order valence-electron chi connectivity index (χ3n) is 2.04. The van der Waals surface area contributed by atoms with E-state index in [0.717, 1.165) is 0 Å². The van der Waals surface area contributed by atoms with E-state index in [1.54, 1.807) is 27.7 Å². The summed E-state index contributed by atoms with van der Waals surface area (Å²) in [6.07, 6.45) is -2.18. The number of rotatable bonds is 4. The molecule has 0 aromatic rings. The van der Waals surface area contributed by atoms with Gasteiger partial charge in [-0.2, -0.15) is 0 Å². The number of hydrogen-bond acceptors (Lipinski definition) is 4. The summed E-state index contributed by atoms with van der Waals surface area (Å²) in [7, 11) is 0. The van der Waals surface area contributed by atoms with Crippen LogP contribution in [0.1, 0.15) is 27.7 Å². The summed E-state index contributed by atoms with van der Waals surface area (Å²) in [5, 5.41) is 20.0. The summed E-state index contributed by atoms with van der Waals surface area (Å²) >= 11 is 0. The smallest absolute Gasteiger partial charge is 0.530 e. The largest absolute Gasteiger partial charge is 2.00 e. The topological polar surface area (TPSA) is 86.7 Å². The summed E-state index contributed by atoms with van der Waals surface area (Å²) in [5.74, 6) is 0. The molecule has 0 aliphatic carbocycles. The number of hydrogen-bond donors (Lipinski definition) is 0. The molecular weight excluding hydrogens is 271 g/mol. The number of nitrogens with zero attached hydrogens (tertiary/aromatic N) is 2. The van der Waals surface area contributed by atoms with Gasteiger partial charge in [0, 0.05) is 26.2 Å². The number of carbonyl (C=O) groups is 2. The van der Waals surface area contributed by atoms with Crippen LogP contribution in [0.2, 0.25) is 0 Å². The van der Waals surface area contributed by atoms with Gasteiger partial charge in [-0.05, 0) is 27.7 Å². The second-order valence-electron chi connectivity index (χ2n) is 2.88. The molecule has 2 amide bonds. The molecule has 0 aliphatic rings. The average molecular weight is 291 g/mol. The minimum absolute atomic E-state index is 0. The maximum Gasteiger partial charge on any atom is 2.00 e. The fraction of sp³-hybridized carbons (Fsp3) is 0.800. The van der Waals surface area contributed by atoms with Crippen LogP contribution in [0.4, 0.5) is 9.59 Å². The Morgan fingerprint density at radius 1 is 0.765 bits per heavy atom. The predicted molar refractivity (Wildman–Crippen MR) is 56.6 cm³/mol. The van der Waals surface area contributed by atoms with Gasteiger partial charge in [0.15, 0.2) is 0 Å². The molecule has 0 unspecified atom stereocenters. The maximum atomic E-state index is 9.98. The van der Waals surface area contributed by atoms with Crippen LogP contribution >= 0.6 is 0 Å². The molecule has 103 valence electrons. The molecule has 0 saturated carbocycles. The van der Waals surface area contributed by atoms with E-state index in [4.69, 9.17) is 0 Å². The van der Waals surface area contributed by atoms with E-state index in [1.165, 1.54) is 9.80 Å². The predicted octanol–water partition coefficient (Wildman–Crippen LogP) is -0.659. The van der Waals surface area contributed by atoms with E-state index in [1.807, 2.05) is 0 Å². The molecule has 0 aromatic heterocycles. The van der Waals surface area contributed by atoms with Gasteiger partial charge in [-0.15, -0.1) is 0 Å². The molecule has 0 saturated heterocycles. The quantitative estimate of drug-likeness (QED) is 0.688. The Labute approximate surface area is 113 Å². The van der Waals surface area contributed by atoms with Crippen LogP contribution in [0.3, 0.4) is 0 Å².